The normalized spacial score (nSPS) is 10.9. The number of para-hydroxylation sites is 2. The van der Waals surface area contributed by atoms with E-state index < -0.39 is 21.7 Å². The highest BCUT2D eigenvalue weighted by molar-refractivity contribution is 5.97. The maximum Gasteiger partial charge on any atom is 0.278 e. The van der Waals surface area contributed by atoms with E-state index in [0.29, 0.717) is 11.1 Å². The van der Waals surface area contributed by atoms with E-state index in [-0.39, 0.29) is 22.5 Å². The Hall–Kier alpha value is -6.04. The molecule has 0 aliphatic carbocycles. The van der Waals surface area contributed by atoms with Crippen LogP contribution in [0.4, 0.5) is 11.4 Å². The predicted octanol–water partition coefficient (Wildman–Crippen LogP) is 4.70. The molecule has 0 fully saturated rings. The smallest absolute Gasteiger partial charge is 0.267 e. The van der Waals surface area contributed by atoms with Crippen molar-refractivity contribution in [1.29, 1.82) is 0 Å². The Morgan fingerprint density at radius 3 is 1.27 bits per heavy atom. The second-order valence-electron chi connectivity index (χ2n) is 8.18. The molecule has 40 heavy (non-hydrogen) atoms. The van der Waals surface area contributed by atoms with E-state index >= 15 is 0 Å². The Balaban J connectivity index is 1.35. The van der Waals surface area contributed by atoms with Gasteiger partial charge >= 0.3 is 0 Å². The average Bonchev–Trinajstić information content (AvgIpc) is 2.97. The minimum Gasteiger partial charge on any atom is -0.267 e. The van der Waals surface area contributed by atoms with E-state index in [2.05, 4.69) is 21.1 Å². The van der Waals surface area contributed by atoms with Gasteiger partial charge in [0, 0.05) is 23.3 Å². The number of hydrogen-bond acceptors (Lipinski definition) is 8. The monoisotopic (exact) mass is 536 g/mol. The summed E-state index contributed by atoms with van der Waals surface area (Å²) in [6, 6.07) is 25.4. The molecule has 198 valence electrons. The van der Waals surface area contributed by atoms with Crippen molar-refractivity contribution in [2.75, 3.05) is 0 Å². The highest BCUT2D eigenvalue weighted by atomic mass is 16.6. The SMILES string of the molecule is O=C(N/N=C/c1ccccc1[N+](=O)[O-])c1ccc(-c2ccc(C(=O)N/N=C/c3ccccc3[N+](=O)[O-])cc2)cc1. The third-order valence-electron chi connectivity index (χ3n) is 5.63. The molecule has 0 aliphatic heterocycles. The largest absolute Gasteiger partial charge is 0.278 e. The number of hydrogen-bond donors (Lipinski definition) is 2. The molecule has 0 saturated carbocycles. The minimum absolute atomic E-state index is 0.125. The van der Waals surface area contributed by atoms with E-state index in [0.717, 1.165) is 11.1 Å². The maximum atomic E-state index is 12.4. The number of rotatable bonds is 9. The Labute approximate surface area is 227 Å². The van der Waals surface area contributed by atoms with Gasteiger partial charge in [-0.1, -0.05) is 48.5 Å². The number of nitrogens with zero attached hydrogens (tertiary/aromatic N) is 4. The van der Waals surface area contributed by atoms with Crippen molar-refractivity contribution in [1.82, 2.24) is 10.9 Å². The summed E-state index contributed by atoms with van der Waals surface area (Å²) in [7, 11) is 0. The summed E-state index contributed by atoms with van der Waals surface area (Å²) in [6.07, 6.45) is 2.41. The van der Waals surface area contributed by atoms with Gasteiger partial charge in [0.1, 0.15) is 0 Å². The summed E-state index contributed by atoms with van der Waals surface area (Å²) in [6.45, 7) is 0. The fourth-order valence-corrected chi connectivity index (χ4v) is 3.60. The number of nitro benzene ring substituents is 2. The van der Waals surface area contributed by atoms with Gasteiger partial charge in [-0.25, -0.2) is 10.9 Å². The summed E-state index contributed by atoms with van der Waals surface area (Å²) >= 11 is 0. The molecular formula is C28H20N6O6. The first-order valence-corrected chi connectivity index (χ1v) is 11.7. The van der Waals surface area contributed by atoms with Crippen molar-refractivity contribution in [3.8, 4) is 11.1 Å². The topological polar surface area (TPSA) is 169 Å². The fourth-order valence-electron chi connectivity index (χ4n) is 3.60. The van der Waals surface area contributed by atoms with E-state index in [1.807, 2.05) is 0 Å². The molecule has 4 rings (SSSR count). The Morgan fingerprint density at radius 1 is 0.575 bits per heavy atom. The van der Waals surface area contributed by atoms with Crippen LogP contribution in [0.1, 0.15) is 31.8 Å². The first kappa shape index (κ1) is 27.0. The van der Waals surface area contributed by atoms with Crippen LogP contribution in [0.2, 0.25) is 0 Å². The zero-order valence-electron chi connectivity index (χ0n) is 20.6. The van der Waals surface area contributed by atoms with Crippen LogP contribution in [0.25, 0.3) is 11.1 Å². The zero-order chi connectivity index (χ0) is 28.5. The highest BCUT2D eigenvalue weighted by Crippen LogP contribution is 2.21. The van der Waals surface area contributed by atoms with Crippen LogP contribution in [0.15, 0.2) is 107 Å². The Kier molecular flexibility index (Phi) is 8.42. The van der Waals surface area contributed by atoms with Gasteiger partial charge in [-0.05, 0) is 47.5 Å². The fraction of sp³-hybridized carbons (Fsp3) is 0. The highest BCUT2D eigenvalue weighted by Gasteiger charge is 2.12. The van der Waals surface area contributed by atoms with E-state index in [9.17, 15) is 29.8 Å². The molecule has 0 bridgehead atoms. The number of benzene rings is 4. The van der Waals surface area contributed by atoms with Crippen LogP contribution in [0.3, 0.4) is 0 Å². The van der Waals surface area contributed by atoms with Crippen molar-refractivity contribution in [2.45, 2.75) is 0 Å². The molecule has 12 nitrogen and oxygen atoms in total. The number of hydrazone groups is 2. The molecule has 0 unspecified atom stereocenters. The van der Waals surface area contributed by atoms with Crippen molar-refractivity contribution in [3.05, 3.63) is 140 Å². The van der Waals surface area contributed by atoms with Crippen molar-refractivity contribution in [2.24, 2.45) is 10.2 Å². The number of carbonyl (C=O) groups is 2. The molecular weight excluding hydrogens is 516 g/mol. The van der Waals surface area contributed by atoms with Crippen LogP contribution in [0.5, 0.6) is 0 Å². The molecule has 2 N–H and O–H groups in total. The number of carbonyl (C=O) groups excluding carboxylic acids is 2. The minimum atomic E-state index is -0.531. The summed E-state index contributed by atoms with van der Waals surface area (Å²) in [5.74, 6) is -0.982. The molecule has 4 aromatic rings. The lowest BCUT2D eigenvalue weighted by atomic mass is 10.0. The van der Waals surface area contributed by atoms with Crippen LogP contribution in [0, 0.1) is 20.2 Å². The van der Waals surface area contributed by atoms with Crippen LogP contribution < -0.4 is 10.9 Å². The molecule has 4 aromatic carbocycles. The third-order valence-corrected chi connectivity index (χ3v) is 5.63. The van der Waals surface area contributed by atoms with E-state index in [4.69, 9.17) is 0 Å². The summed E-state index contributed by atoms with van der Waals surface area (Å²) < 4.78 is 0. The van der Waals surface area contributed by atoms with Gasteiger partial charge in [-0.2, -0.15) is 10.2 Å². The Morgan fingerprint density at radius 2 is 0.925 bits per heavy atom. The van der Waals surface area contributed by atoms with E-state index in [1.165, 1.54) is 48.8 Å². The molecule has 2 amide bonds. The molecule has 0 radical (unpaired) electrons. The molecule has 0 aromatic heterocycles. The van der Waals surface area contributed by atoms with Gasteiger partial charge in [-0.15, -0.1) is 0 Å². The predicted molar refractivity (Wildman–Crippen MR) is 148 cm³/mol. The molecule has 0 aliphatic rings. The number of amides is 2. The average molecular weight is 537 g/mol. The quantitative estimate of drug-likeness (QED) is 0.178. The summed E-state index contributed by atoms with van der Waals surface area (Å²) in [5.41, 5.74) is 7.20. The second kappa shape index (κ2) is 12.5. The third kappa shape index (κ3) is 6.63. The van der Waals surface area contributed by atoms with Crippen molar-refractivity contribution in [3.63, 3.8) is 0 Å². The van der Waals surface area contributed by atoms with E-state index in [1.54, 1.807) is 60.7 Å². The van der Waals surface area contributed by atoms with Gasteiger partial charge < -0.3 is 0 Å². The number of nitro groups is 2. The first-order valence-electron chi connectivity index (χ1n) is 11.7. The molecule has 0 atom stereocenters. The molecule has 0 spiro atoms. The summed E-state index contributed by atoms with van der Waals surface area (Å²) in [5, 5.41) is 29.8. The number of nitrogens with one attached hydrogen (secondary N) is 2. The van der Waals surface area contributed by atoms with Gasteiger partial charge in [-0.3, -0.25) is 29.8 Å². The molecule has 0 heterocycles. The second-order valence-corrected chi connectivity index (χ2v) is 8.18. The lowest BCUT2D eigenvalue weighted by Crippen LogP contribution is -2.17. The zero-order valence-corrected chi connectivity index (χ0v) is 20.6. The molecule has 12 heteroatoms. The summed E-state index contributed by atoms with van der Waals surface area (Å²) in [4.78, 5) is 45.9. The van der Waals surface area contributed by atoms with Crippen LogP contribution >= 0.6 is 0 Å². The van der Waals surface area contributed by atoms with Gasteiger partial charge in [0.25, 0.3) is 23.2 Å². The molecule has 0 saturated heterocycles. The van der Waals surface area contributed by atoms with Crippen LogP contribution in [-0.2, 0) is 0 Å². The maximum absolute atomic E-state index is 12.4. The van der Waals surface area contributed by atoms with Crippen LogP contribution in [-0.4, -0.2) is 34.1 Å². The van der Waals surface area contributed by atoms with Gasteiger partial charge in [0.2, 0.25) is 0 Å². The Bertz CT molecular complexity index is 1510. The van der Waals surface area contributed by atoms with Crippen molar-refractivity contribution >= 4 is 35.6 Å². The van der Waals surface area contributed by atoms with Gasteiger partial charge in [0.05, 0.1) is 33.4 Å². The standard InChI is InChI=1S/C28H20N6O6/c35-27(31-29-17-23-5-1-3-7-25(23)33(37)38)21-13-9-19(10-14-21)20-11-15-22(16-12-20)28(36)32-30-18-24-6-2-4-8-26(24)34(39)40/h1-18H,(H,31,35)(H,32,36)/b29-17+,30-18+. The van der Waals surface area contributed by atoms with Gasteiger partial charge in [0.15, 0.2) is 0 Å². The first-order chi connectivity index (χ1) is 19.3. The van der Waals surface area contributed by atoms with Crippen molar-refractivity contribution < 1.29 is 19.4 Å². The lowest BCUT2D eigenvalue weighted by Gasteiger charge is -2.06. The lowest BCUT2D eigenvalue weighted by molar-refractivity contribution is -0.385.